The van der Waals surface area contributed by atoms with Crippen molar-refractivity contribution in [2.45, 2.75) is 43.8 Å². The van der Waals surface area contributed by atoms with E-state index in [0.717, 1.165) is 31.4 Å². The van der Waals surface area contributed by atoms with Gasteiger partial charge in [0.2, 0.25) is 4.45 Å². The van der Waals surface area contributed by atoms with Crippen molar-refractivity contribution in [3.05, 3.63) is 0 Å². The van der Waals surface area contributed by atoms with Crippen molar-refractivity contribution < 1.29 is 4.79 Å². The molecule has 1 aliphatic heterocycles. The molecule has 1 saturated heterocycles. The Morgan fingerprint density at radius 3 is 3.00 bits per heavy atom. The zero-order chi connectivity index (χ0) is 10.2. The third kappa shape index (κ3) is 4.92. The second kappa shape index (κ2) is 7.19. The summed E-state index contributed by atoms with van der Waals surface area (Å²) < 4.78 is 0.290. The number of rotatable bonds is 5. The number of carbonyl (C=O) groups is 1. The van der Waals surface area contributed by atoms with E-state index in [4.69, 9.17) is 5.26 Å². The third-order valence-corrected chi connectivity index (χ3v) is 4.55. The standard InChI is InChI=1S/C10H15NOS2/c11-7-4-2-1-3-5-9-6-8-13-10(12)14-9/h9H,1-6,8H2. The van der Waals surface area contributed by atoms with Crippen LogP contribution in [0.4, 0.5) is 4.79 Å². The van der Waals surface area contributed by atoms with E-state index in [-0.39, 0.29) is 0 Å². The summed E-state index contributed by atoms with van der Waals surface area (Å²) in [6.45, 7) is 0. The van der Waals surface area contributed by atoms with Gasteiger partial charge in [0.25, 0.3) is 0 Å². The largest absolute Gasteiger partial charge is 0.274 e. The smallest absolute Gasteiger partial charge is 0.246 e. The number of thioether (sulfide) groups is 2. The monoisotopic (exact) mass is 229 g/mol. The molecule has 0 spiro atoms. The van der Waals surface area contributed by atoms with E-state index in [2.05, 4.69) is 6.07 Å². The van der Waals surface area contributed by atoms with E-state index in [0.29, 0.717) is 16.1 Å². The molecule has 1 fully saturated rings. The summed E-state index contributed by atoms with van der Waals surface area (Å²) >= 11 is 2.96. The van der Waals surface area contributed by atoms with Crippen LogP contribution in [0.15, 0.2) is 0 Å². The van der Waals surface area contributed by atoms with Crippen LogP contribution in [0.2, 0.25) is 0 Å². The molecule has 0 bridgehead atoms. The summed E-state index contributed by atoms with van der Waals surface area (Å²) in [5.74, 6) is 0.995. The normalized spacial score (nSPS) is 21.9. The average Bonchev–Trinajstić information content (AvgIpc) is 2.18. The zero-order valence-electron chi connectivity index (χ0n) is 8.20. The van der Waals surface area contributed by atoms with Gasteiger partial charge in [-0.1, -0.05) is 36.4 Å². The van der Waals surface area contributed by atoms with E-state index < -0.39 is 0 Å². The van der Waals surface area contributed by atoms with Crippen LogP contribution < -0.4 is 0 Å². The van der Waals surface area contributed by atoms with Gasteiger partial charge in [0.1, 0.15) is 0 Å². The molecule has 0 aliphatic carbocycles. The average molecular weight is 229 g/mol. The Balaban J connectivity index is 2.01. The van der Waals surface area contributed by atoms with Crippen molar-refractivity contribution in [1.29, 1.82) is 5.26 Å². The maximum atomic E-state index is 11.1. The van der Waals surface area contributed by atoms with Crippen LogP contribution in [0.1, 0.15) is 38.5 Å². The van der Waals surface area contributed by atoms with Crippen LogP contribution in [-0.2, 0) is 0 Å². The molecule has 2 nitrogen and oxygen atoms in total. The third-order valence-electron chi connectivity index (χ3n) is 2.24. The summed E-state index contributed by atoms with van der Waals surface area (Å²) in [5, 5.41) is 8.89. The molecule has 1 rings (SSSR count). The quantitative estimate of drug-likeness (QED) is 0.672. The van der Waals surface area contributed by atoms with Gasteiger partial charge < -0.3 is 0 Å². The summed E-state index contributed by atoms with van der Waals surface area (Å²) in [6, 6.07) is 2.15. The molecular formula is C10H15NOS2. The molecule has 4 heteroatoms. The summed E-state index contributed by atoms with van der Waals surface area (Å²) in [5.41, 5.74) is 0. The Labute approximate surface area is 93.8 Å². The molecule has 0 amide bonds. The number of hydrogen-bond acceptors (Lipinski definition) is 4. The Hall–Kier alpha value is -0.140. The summed E-state index contributed by atoms with van der Waals surface area (Å²) in [7, 11) is 0. The predicted molar refractivity (Wildman–Crippen MR) is 62.5 cm³/mol. The Morgan fingerprint density at radius 1 is 1.43 bits per heavy atom. The fraction of sp³-hybridized carbons (Fsp3) is 0.800. The fourth-order valence-electron chi connectivity index (χ4n) is 1.46. The van der Waals surface area contributed by atoms with E-state index in [1.54, 1.807) is 0 Å². The first-order valence-electron chi connectivity index (χ1n) is 5.03. The van der Waals surface area contributed by atoms with Gasteiger partial charge in [-0.15, -0.1) is 0 Å². The molecule has 0 radical (unpaired) electrons. The molecule has 0 aromatic heterocycles. The SMILES string of the molecule is N#CCCCCCC1CCSC(=O)S1. The second-order valence-corrected chi connectivity index (χ2v) is 5.98. The summed E-state index contributed by atoms with van der Waals surface area (Å²) in [6.07, 6.45) is 6.29. The van der Waals surface area contributed by atoms with Gasteiger partial charge in [-0.3, -0.25) is 4.79 Å². The number of hydrogen-bond donors (Lipinski definition) is 0. The van der Waals surface area contributed by atoms with Crippen LogP contribution in [-0.4, -0.2) is 15.5 Å². The number of unbranched alkanes of at least 4 members (excludes halogenated alkanes) is 3. The highest BCUT2D eigenvalue weighted by Crippen LogP contribution is 2.33. The van der Waals surface area contributed by atoms with Gasteiger partial charge in [-0.2, -0.15) is 5.26 Å². The molecule has 0 aromatic carbocycles. The molecule has 78 valence electrons. The van der Waals surface area contributed by atoms with E-state index in [1.807, 2.05) is 0 Å². The van der Waals surface area contributed by atoms with Gasteiger partial charge in [0.05, 0.1) is 6.07 Å². The topological polar surface area (TPSA) is 40.9 Å². The molecule has 1 aliphatic rings. The Kier molecular flexibility index (Phi) is 6.13. The van der Waals surface area contributed by atoms with Gasteiger partial charge >= 0.3 is 0 Å². The van der Waals surface area contributed by atoms with Gasteiger partial charge in [0.15, 0.2) is 0 Å². The lowest BCUT2D eigenvalue weighted by Crippen LogP contribution is -2.11. The van der Waals surface area contributed by atoms with Crippen molar-refractivity contribution in [3.8, 4) is 6.07 Å². The first-order valence-corrected chi connectivity index (χ1v) is 6.90. The Morgan fingerprint density at radius 2 is 2.29 bits per heavy atom. The number of nitriles is 1. The molecule has 0 N–H and O–H groups in total. The molecule has 14 heavy (non-hydrogen) atoms. The number of nitrogens with zero attached hydrogens (tertiary/aromatic N) is 1. The van der Waals surface area contributed by atoms with Crippen LogP contribution in [0, 0.1) is 11.3 Å². The lowest BCUT2D eigenvalue weighted by Gasteiger charge is -2.18. The van der Waals surface area contributed by atoms with E-state index in [1.165, 1.54) is 29.9 Å². The van der Waals surface area contributed by atoms with Crippen LogP contribution in [0.5, 0.6) is 0 Å². The maximum Gasteiger partial charge on any atom is 0.246 e. The van der Waals surface area contributed by atoms with E-state index >= 15 is 0 Å². The highest BCUT2D eigenvalue weighted by Gasteiger charge is 2.19. The van der Waals surface area contributed by atoms with Crippen LogP contribution in [0.25, 0.3) is 0 Å². The highest BCUT2D eigenvalue weighted by atomic mass is 32.2. The minimum atomic E-state index is 0.290. The van der Waals surface area contributed by atoms with Crippen molar-refractivity contribution >= 4 is 28.0 Å². The first kappa shape index (κ1) is 11.9. The van der Waals surface area contributed by atoms with Gasteiger partial charge in [-0.05, 0) is 19.3 Å². The predicted octanol–water partition coefficient (Wildman–Crippen LogP) is 3.82. The highest BCUT2D eigenvalue weighted by molar-refractivity contribution is 8.39. The van der Waals surface area contributed by atoms with Crippen LogP contribution >= 0.6 is 23.5 Å². The van der Waals surface area contributed by atoms with Crippen molar-refractivity contribution in [3.63, 3.8) is 0 Å². The summed E-state index contributed by atoms with van der Waals surface area (Å²) in [4.78, 5) is 11.1. The van der Waals surface area contributed by atoms with Gasteiger partial charge in [0, 0.05) is 17.4 Å². The zero-order valence-corrected chi connectivity index (χ0v) is 9.83. The van der Waals surface area contributed by atoms with Gasteiger partial charge in [-0.25, -0.2) is 0 Å². The minimum absolute atomic E-state index is 0.290. The fourth-order valence-corrected chi connectivity index (χ4v) is 3.90. The first-order chi connectivity index (χ1) is 6.83. The molecular weight excluding hydrogens is 214 g/mol. The second-order valence-electron chi connectivity index (χ2n) is 3.38. The maximum absolute atomic E-state index is 11.1. The molecule has 0 aromatic rings. The minimum Gasteiger partial charge on any atom is -0.274 e. The number of carbonyl (C=O) groups excluding carboxylic acids is 1. The molecule has 1 unspecified atom stereocenters. The van der Waals surface area contributed by atoms with Crippen molar-refractivity contribution in [2.75, 3.05) is 5.75 Å². The molecule has 1 atom stereocenters. The molecule has 0 saturated carbocycles. The molecule has 1 heterocycles. The van der Waals surface area contributed by atoms with Crippen molar-refractivity contribution in [1.82, 2.24) is 0 Å². The van der Waals surface area contributed by atoms with Crippen LogP contribution in [0.3, 0.4) is 0 Å². The van der Waals surface area contributed by atoms with Crippen molar-refractivity contribution in [2.24, 2.45) is 0 Å². The van der Waals surface area contributed by atoms with E-state index in [9.17, 15) is 4.79 Å². The Bertz CT molecular complexity index is 225. The lowest BCUT2D eigenvalue weighted by atomic mass is 10.1. The lowest BCUT2D eigenvalue weighted by molar-refractivity contribution is 0.276.